The number of ether oxygens (including phenoxy) is 1. The molecule has 1 amide bonds. The van der Waals surface area contributed by atoms with Gasteiger partial charge in [-0.25, -0.2) is 0 Å². The number of para-hydroxylation sites is 2. The largest absolute Gasteiger partial charge is 0.495 e. The van der Waals surface area contributed by atoms with Gasteiger partial charge in [-0.15, -0.1) is 0 Å². The molecule has 1 aliphatic heterocycles. The van der Waals surface area contributed by atoms with Crippen LogP contribution in [0.2, 0.25) is 0 Å². The van der Waals surface area contributed by atoms with Crippen molar-refractivity contribution in [1.29, 1.82) is 0 Å². The van der Waals surface area contributed by atoms with Gasteiger partial charge in [-0.1, -0.05) is 31.0 Å². The van der Waals surface area contributed by atoms with Crippen LogP contribution in [-0.2, 0) is 4.79 Å². The van der Waals surface area contributed by atoms with Crippen molar-refractivity contribution in [3.63, 3.8) is 0 Å². The number of thiocarbonyl (C=S) groups is 1. The van der Waals surface area contributed by atoms with E-state index >= 15 is 0 Å². The number of benzene rings is 1. The highest BCUT2D eigenvalue weighted by atomic mass is 32.1. The summed E-state index contributed by atoms with van der Waals surface area (Å²) in [6.45, 7) is 4.92. The Morgan fingerprint density at radius 3 is 2.65 bits per heavy atom. The zero-order valence-corrected chi connectivity index (χ0v) is 22.6. The van der Waals surface area contributed by atoms with Crippen LogP contribution in [-0.4, -0.2) is 39.1 Å². The maximum Gasteiger partial charge on any atom is 0.226 e. The number of carbonyl (C=O) groups is 1. The highest BCUT2D eigenvalue weighted by molar-refractivity contribution is 7.80. The van der Waals surface area contributed by atoms with Crippen molar-refractivity contribution < 1.29 is 9.53 Å². The van der Waals surface area contributed by atoms with E-state index in [1.807, 2.05) is 48.7 Å². The molecule has 2 atom stereocenters. The van der Waals surface area contributed by atoms with E-state index in [0.29, 0.717) is 35.6 Å². The van der Waals surface area contributed by atoms with Gasteiger partial charge in [0.15, 0.2) is 5.11 Å². The Morgan fingerprint density at radius 1 is 1.16 bits per heavy atom. The second kappa shape index (κ2) is 10.9. The third kappa shape index (κ3) is 5.07. The van der Waals surface area contributed by atoms with Gasteiger partial charge in [-0.05, 0) is 74.8 Å². The van der Waals surface area contributed by atoms with Crippen molar-refractivity contribution in [1.82, 2.24) is 19.8 Å². The average Bonchev–Trinajstić information content (AvgIpc) is 3.61. The van der Waals surface area contributed by atoms with Crippen molar-refractivity contribution in [3.8, 4) is 5.75 Å². The first-order valence-corrected chi connectivity index (χ1v) is 13.5. The molecule has 0 bridgehead atoms. The van der Waals surface area contributed by atoms with Crippen LogP contribution in [0.15, 0.2) is 54.7 Å². The number of pyridine rings is 1. The monoisotopic (exact) mass is 517 g/mol. The van der Waals surface area contributed by atoms with Crippen LogP contribution in [0.25, 0.3) is 0 Å². The van der Waals surface area contributed by atoms with E-state index in [4.69, 9.17) is 17.0 Å². The topological polar surface area (TPSA) is 71.4 Å². The van der Waals surface area contributed by atoms with Crippen molar-refractivity contribution >= 4 is 28.9 Å². The quantitative estimate of drug-likeness (QED) is 0.378. The van der Waals surface area contributed by atoms with E-state index in [1.54, 1.807) is 7.11 Å². The van der Waals surface area contributed by atoms with Crippen LogP contribution in [0, 0.1) is 13.8 Å². The number of anilines is 1. The number of carbonyl (C=O) groups excluding carboxylic acids is 1. The van der Waals surface area contributed by atoms with Gasteiger partial charge in [0, 0.05) is 36.6 Å². The zero-order valence-electron chi connectivity index (χ0n) is 21.7. The number of hydrogen-bond acceptors (Lipinski definition) is 4. The summed E-state index contributed by atoms with van der Waals surface area (Å²) in [5, 5.41) is 7.16. The number of hydrogen-bond donors (Lipinski definition) is 2. The number of amides is 1. The first-order valence-electron chi connectivity index (χ1n) is 13.1. The molecule has 5 rings (SSSR count). The van der Waals surface area contributed by atoms with Crippen LogP contribution < -0.4 is 15.4 Å². The van der Waals surface area contributed by atoms with Gasteiger partial charge in [0.25, 0.3) is 0 Å². The SMILES string of the molecule is COc1ccccc1NC(=O)CCN1C(=S)NC(c2ccccn2)C1c1cc(C)n(C2CCCC2)c1C. The standard InChI is InChI=1S/C29H35N5O2S/c1-19-18-22(20(2)34(19)21-10-4-5-11-21)28-27(24-13-8-9-16-30-24)32-29(37)33(28)17-15-26(35)31-23-12-6-7-14-25(23)36-3/h6-9,12-14,16,18,21,27-28H,4-5,10-11,15,17H2,1-3H3,(H,31,35)(H,32,37). The fourth-order valence-corrected chi connectivity index (χ4v) is 6.33. The Kier molecular flexibility index (Phi) is 7.46. The Balaban J connectivity index is 1.42. The lowest BCUT2D eigenvalue weighted by atomic mass is 9.96. The lowest BCUT2D eigenvalue weighted by molar-refractivity contribution is -0.116. The van der Waals surface area contributed by atoms with Crippen molar-refractivity contribution in [2.75, 3.05) is 19.0 Å². The van der Waals surface area contributed by atoms with Crippen molar-refractivity contribution in [3.05, 3.63) is 77.4 Å². The first-order chi connectivity index (χ1) is 18.0. The van der Waals surface area contributed by atoms with Gasteiger partial charge >= 0.3 is 0 Å². The molecule has 2 N–H and O–H groups in total. The van der Waals surface area contributed by atoms with E-state index in [0.717, 1.165) is 5.69 Å². The number of aromatic nitrogens is 2. The highest BCUT2D eigenvalue weighted by Gasteiger charge is 2.41. The molecule has 7 nitrogen and oxygen atoms in total. The van der Waals surface area contributed by atoms with E-state index < -0.39 is 0 Å². The Bertz CT molecular complexity index is 1270. The molecule has 2 aromatic heterocycles. The summed E-state index contributed by atoms with van der Waals surface area (Å²) in [7, 11) is 1.60. The van der Waals surface area contributed by atoms with Gasteiger partial charge in [0.05, 0.1) is 30.6 Å². The van der Waals surface area contributed by atoms with E-state index in [1.165, 1.54) is 42.6 Å². The highest BCUT2D eigenvalue weighted by Crippen LogP contribution is 2.43. The molecule has 1 aliphatic carbocycles. The molecular weight excluding hydrogens is 482 g/mol. The fraction of sp³-hybridized carbons (Fsp3) is 0.414. The Labute approximate surface area is 224 Å². The van der Waals surface area contributed by atoms with Gasteiger partial charge in [-0.2, -0.15) is 0 Å². The summed E-state index contributed by atoms with van der Waals surface area (Å²) in [5.41, 5.74) is 5.43. The summed E-state index contributed by atoms with van der Waals surface area (Å²) < 4.78 is 7.90. The van der Waals surface area contributed by atoms with E-state index in [9.17, 15) is 4.79 Å². The molecule has 0 radical (unpaired) electrons. The molecule has 1 saturated heterocycles. The summed E-state index contributed by atoms with van der Waals surface area (Å²) in [6.07, 6.45) is 7.16. The summed E-state index contributed by atoms with van der Waals surface area (Å²) in [5.74, 6) is 0.561. The predicted octanol–water partition coefficient (Wildman–Crippen LogP) is 5.62. The van der Waals surface area contributed by atoms with Crippen LogP contribution in [0.1, 0.15) is 72.9 Å². The van der Waals surface area contributed by atoms with Crippen LogP contribution in [0.3, 0.4) is 0 Å². The molecule has 3 aromatic rings. The molecule has 2 unspecified atom stereocenters. The molecular formula is C29H35N5O2S. The normalized spacial score (nSPS) is 19.8. The predicted molar refractivity (Wildman–Crippen MR) is 150 cm³/mol. The molecule has 37 heavy (non-hydrogen) atoms. The average molecular weight is 518 g/mol. The number of rotatable bonds is 8. The van der Waals surface area contributed by atoms with Crippen molar-refractivity contribution in [2.45, 2.75) is 64.1 Å². The molecule has 2 fully saturated rings. The van der Waals surface area contributed by atoms with Crippen LogP contribution in [0.4, 0.5) is 5.69 Å². The molecule has 1 saturated carbocycles. The maximum atomic E-state index is 13.0. The lowest BCUT2D eigenvalue weighted by Gasteiger charge is -2.28. The summed E-state index contributed by atoms with van der Waals surface area (Å²) >= 11 is 5.83. The molecule has 1 aromatic carbocycles. The molecule has 0 spiro atoms. The van der Waals surface area contributed by atoms with E-state index in [2.05, 4.69) is 45.0 Å². The van der Waals surface area contributed by atoms with Gasteiger partial charge in [0.2, 0.25) is 5.91 Å². The number of nitrogens with one attached hydrogen (secondary N) is 2. The van der Waals surface area contributed by atoms with Gasteiger partial charge < -0.3 is 24.8 Å². The minimum atomic E-state index is -0.0940. The molecule has 8 heteroatoms. The van der Waals surface area contributed by atoms with Crippen molar-refractivity contribution in [2.24, 2.45) is 0 Å². The molecule has 2 aliphatic rings. The Morgan fingerprint density at radius 2 is 1.92 bits per heavy atom. The third-order valence-corrected chi connectivity index (χ3v) is 8.04. The molecule has 3 heterocycles. The zero-order chi connectivity index (χ0) is 25.9. The second-order valence-corrected chi connectivity index (χ2v) is 10.3. The van der Waals surface area contributed by atoms with Gasteiger partial charge in [0.1, 0.15) is 5.75 Å². The smallest absolute Gasteiger partial charge is 0.226 e. The summed E-state index contributed by atoms with van der Waals surface area (Å²) in [4.78, 5) is 19.8. The number of methoxy groups -OCH3 is 1. The van der Waals surface area contributed by atoms with E-state index in [-0.39, 0.29) is 18.0 Å². The minimum Gasteiger partial charge on any atom is -0.495 e. The number of aryl methyl sites for hydroxylation is 1. The lowest BCUT2D eigenvalue weighted by Crippen LogP contribution is -2.33. The second-order valence-electron chi connectivity index (χ2n) is 9.95. The Hall–Kier alpha value is -3.39. The fourth-order valence-electron chi connectivity index (χ4n) is 5.99. The summed E-state index contributed by atoms with van der Waals surface area (Å²) in [6, 6.07) is 16.1. The van der Waals surface area contributed by atoms with Crippen LogP contribution in [0.5, 0.6) is 5.75 Å². The number of nitrogens with zero attached hydrogens (tertiary/aromatic N) is 3. The maximum absolute atomic E-state index is 13.0. The molecule has 194 valence electrons. The minimum absolute atomic E-state index is 0.0529. The third-order valence-electron chi connectivity index (χ3n) is 7.69. The van der Waals surface area contributed by atoms with Crippen LogP contribution >= 0.6 is 12.2 Å². The first kappa shape index (κ1) is 25.3. The van der Waals surface area contributed by atoms with Gasteiger partial charge in [-0.3, -0.25) is 9.78 Å².